The molecule has 156 valence electrons. The molecular weight excluding hydrogens is 386 g/mol. The van der Waals surface area contributed by atoms with Gasteiger partial charge in [0.1, 0.15) is 9.84 Å². The Kier molecular flexibility index (Phi) is 7.64. The van der Waals surface area contributed by atoms with Crippen molar-refractivity contribution in [1.29, 1.82) is 0 Å². The highest BCUT2D eigenvalue weighted by Crippen LogP contribution is 2.27. The topological polar surface area (TPSA) is 105 Å². The molecule has 0 saturated carbocycles. The van der Waals surface area contributed by atoms with Crippen LogP contribution in [0, 0.1) is 0 Å². The van der Waals surface area contributed by atoms with Crippen molar-refractivity contribution in [2.75, 3.05) is 65.5 Å². The molecule has 0 spiro atoms. The van der Waals surface area contributed by atoms with Crippen molar-refractivity contribution in [1.82, 2.24) is 15.1 Å². The number of benzene rings is 1. The first-order valence-electron chi connectivity index (χ1n) is 8.91. The third-order valence-electron chi connectivity index (χ3n) is 4.55. The summed E-state index contributed by atoms with van der Waals surface area (Å²) in [5.41, 5.74) is 0.371. The number of nitrogens with one attached hydrogen (secondary N) is 1. The van der Waals surface area contributed by atoms with Crippen LogP contribution < -0.4 is 14.8 Å². The van der Waals surface area contributed by atoms with Crippen molar-refractivity contribution < 1.29 is 27.5 Å². The highest BCUT2D eigenvalue weighted by Gasteiger charge is 2.22. The minimum absolute atomic E-state index is 0.101. The molecule has 1 fully saturated rings. The minimum atomic E-state index is -2.99. The van der Waals surface area contributed by atoms with Gasteiger partial charge in [0, 0.05) is 44.5 Å². The van der Waals surface area contributed by atoms with E-state index >= 15 is 0 Å². The number of methoxy groups -OCH3 is 2. The smallest absolute Gasteiger partial charge is 0.251 e. The summed E-state index contributed by atoms with van der Waals surface area (Å²) in [5, 5.41) is 2.62. The summed E-state index contributed by atoms with van der Waals surface area (Å²) >= 11 is 0. The molecule has 1 heterocycles. The predicted octanol–water partition coefficient (Wildman–Crippen LogP) is -0.378. The van der Waals surface area contributed by atoms with Gasteiger partial charge in [-0.05, 0) is 18.2 Å². The molecule has 0 unspecified atom stereocenters. The average molecular weight is 413 g/mol. The van der Waals surface area contributed by atoms with Crippen molar-refractivity contribution in [3.8, 4) is 11.5 Å². The van der Waals surface area contributed by atoms with E-state index in [1.54, 1.807) is 23.1 Å². The molecule has 1 aromatic rings. The standard InChI is InChI=1S/C18H27N3O6S/c1-26-15-5-4-14(12-16(15)27-2)18(23)19-13-17(22)21-8-6-20(7-9-21)10-11-28(3,24)25/h4-5,12H,6-11,13H2,1-3H3,(H,19,23). The van der Waals surface area contributed by atoms with E-state index in [-0.39, 0.29) is 24.1 Å². The van der Waals surface area contributed by atoms with Crippen LogP contribution in [0.2, 0.25) is 0 Å². The van der Waals surface area contributed by atoms with Crippen LogP contribution in [0.1, 0.15) is 10.4 Å². The lowest BCUT2D eigenvalue weighted by Gasteiger charge is -2.34. The molecule has 1 aromatic carbocycles. The zero-order valence-electron chi connectivity index (χ0n) is 16.4. The normalized spacial score (nSPS) is 15.2. The Balaban J connectivity index is 1.80. The number of hydrogen-bond acceptors (Lipinski definition) is 7. The van der Waals surface area contributed by atoms with E-state index in [2.05, 4.69) is 5.32 Å². The molecule has 28 heavy (non-hydrogen) atoms. The van der Waals surface area contributed by atoms with Gasteiger partial charge >= 0.3 is 0 Å². The van der Waals surface area contributed by atoms with Crippen molar-refractivity contribution in [2.45, 2.75) is 0 Å². The molecule has 0 aliphatic carbocycles. The van der Waals surface area contributed by atoms with E-state index in [9.17, 15) is 18.0 Å². The number of carbonyl (C=O) groups excluding carboxylic acids is 2. The Labute approximate surface area is 165 Å². The summed E-state index contributed by atoms with van der Waals surface area (Å²) in [5.74, 6) is 0.524. The summed E-state index contributed by atoms with van der Waals surface area (Å²) in [6, 6.07) is 4.78. The lowest BCUT2D eigenvalue weighted by Crippen LogP contribution is -2.51. The number of rotatable bonds is 8. The highest BCUT2D eigenvalue weighted by atomic mass is 32.2. The average Bonchev–Trinajstić information content (AvgIpc) is 2.69. The van der Waals surface area contributed by atoms with Gasteiger partial charge in [0.25, 0.3) is 5.91 Å². The molecule has 1 aliphatic heterocycles. The summed E-state index contributed by atoms with van der Waals surface area (Å²) in [4.78, 5) is 28.3. The minimum Gasteiger partial charge on any atom is -0.493 e. The van der Waals surface area contributed by atoms with Crippen molar-refractivity contribution >= 4 is 21.7 Å². The van der Waals surface area contributed by atoms with Gasteiger partial charge in [-0.15, -0.1) is 0 Å². The SMILES string of the molecule is COc1ccc(C(=O)NCC(=O)N2CCN(CCS(C)(=O)=O)CC2)cc1OC. The molecule has 0 aromatic heterocycles. The van der Waals surface area contributed by atoms with Crippen molar-refractivity contribution in [3.63, 3.8) is 0 Å². The van der Waals surface area contributed by atoms with Gasteiger partial charge in [0.2, 0.25) is 5.91 Å². The third kappa shape index (κ3) is 6.38. The zero-order chi connectivity index (χ0) is 20.7. The maximum absolute atomic E-state index is 12.3. The Morgan fingerprint density at radius 2 is 1.71 bits per heavy atom. The van der Waals surface area contributed by atoms with E-state index in [1.807, 2.05) is 4.90 Å². The predicted molar refractivity (Wildman–Crippen MR) is 105 cm³/mol. The monoisotopic (exact) mass is 413 g/mol. The van der Waals surface area contributed by atoms with E-state index in [4.69, 9.17) is 9.47 Å². The highest BCUT2D eigenvalue weighted by molar-refractivity contribution is 7.90. The fourth-order valence-corrected chi connectivity index (χ4v) is 3.45. The first kappa shape index (κ1) is 22.0. The molecule has 1 N–H and O–H groups in total. The van der Waals surface area contributed by atoms with Crippen LogP contribution in [0.15, 0.2) is 18.2 Å². The molecule has 10 heteroatoms. The summed E-state index contributed by atoms with van der Waals surface area (Å²) in [6.07, 6.45) is 1.22. The molecule has 1 saturated heterocycles. The second kappa shape index (κ2) is 9.74. The van der Waals surface area contributed by atoms with Crippen LogP contribution in [-0.4, -0.2) is 95.5 Å². The zero-order valence-corrected chi connectivity index (χ0v) is 17.3. The van der Waals surface area contributed by atoms with Crippen LogP contribution in [0.4, 0.5) is 0 Å². The molecule has 2 amide bonds. The number of sulfone groups is 1. The number of piperazine rings is 1. The molecule has 2 rings (SSSR count). The van der Waals surface area contributed by atoms with Gasteiger partial charge in [-0.3, -0.25) is 14.5 Å². The summed E-state index contributed by atoms with van der Waals surface area (Å²) in [6.45, 7) is 2.62. The van der Waals surface area contributed by atoms with Crippen molar-refractivity contribution in [3.05, 3.63) is 23.8 Å². The first-order chi connectivity index (χ1) is 13.2. The van der Waals surface area contributed by atoms with E-state index < -0.39 is 9.84 Å². The molecule has 0 bridgehead atoms. The lowest BCUT2D eigenvalue weighted by molar-refractivity contribution is -0.131. The molecule has 0 radical (unpaired) electrons. The van der Waals surface area contributed by atoms with Crippen LogP contribution in [0.25, 0.3) is 0 Å². The number of amides is 2. The number of hydrogen-bond donors (Lipinski definition) is 1. The van der Waals surface area contributed by atoms with Crippen LogP contribution >= 0.6 is 0 Å². The first-order valence-corrected chi connectivity index (χ1v) is 11.0. The Hall–Kier alpha value is -2.33. The van der Waals surface area contributed by atoms with Gasteiger partial charge in [-0.2, -0.15) is 0 Å². The maximum atomic E-state index is 12.3. The Morgan fingerprint density at radius 1 is 1.07 bits per heavy atom. The maximum Gasteiger partial charge on any atom is 0.251 e. The van der Waals surface area contributed by atoms with Crippen LogP contribution in [0.5, 0.6) is 11.5 Å². The fourth-order valence-electron chi connectivity index (χ4n) is 2.86. The number of ether oxygens (including phenoxy) is 2. The largest absolute Gasteiger partial charge is 0.493 e. The van der Waals surface area contributed by atoms with Crippen molar-refractivity contribution in [2.24, 2.45) is 0 Å². The van der Waals surface area contributed by atoms with Crippen LogP contribution in [0.3, 0.4) is 0 Å². The van der Waals surface area contributed by atoms with Gasteiger partial charge in [-0.25, -0.2) is 8.42 Å². The fraction of sp³-hybridized carbons (Fsp3) is 0.556. The Bertz CT molecular complexity index is 804. The summed E-state index contributed by atoms with van der Waals surface area (Å²) < 4.78 is 32.8. The number of carbonyl (C=O) groups is 2. The third-order valence-corrected chi connectivity index (χ3v) is 5.47. The lowest BCUT2D eigenvalue weighted by atomic mass is 10.2. The van der Waals surface area contributed by atoms with Crippen LogP contribution in [-0.2, 0) is 14.6 Å². The van der Waals surface area contributed by atoms with E-state index in [0.717, 1.165) is 0 Å². The van der Waals surface area contributed by atoms with Gasteiger partial charge < -0.3 is 19.7 Å². The second-order valence-electron chi connectivity index (χ2n) is 6.60. The van der Waals surface area contributed by atoms with Gasteiger partial charge in [0.15, 0.2) is 11.5 Å². The number of nitrogens with zero attached hydrogens (tertiary/aromatic N) is 2. The molecular formula is C18H27N3O6S. The molecule has 0 atom stereocenters. The Morgan fingerprint density at radius 3 is 2.29 bits per heavy atom. The summed E-state index contributed by atoms with van der Waals surface area (Å²) in [7, 11) is 0.00192. The quantitative estimate of drug-likeness (QED) is 0.619. The molecule has 1 aliphatic rings. The van der Waals surface area contributed by atoms with E-state index in [0.29, 0.717) is 49.8 Å². The van der Waals surface area contributed by atoms with Gasteiger partial charge in [0.05, 0.1) is 26.5 Å². The second-order valence-corrected chi connectivity index (χ2v) is 8.86. The molecule has 9 nitrogen and oxygen atoms in total. The van der Waals surface area contributed by atoms with E-state index in [1.165, 1.54) is 20.5 Å². The van der Waals surface area contributed by atoms with Gasteiger partial charge in [-0.1, -0.05) is 0 Å².